The smallest absolute Gasteiger partial charge is 0.290 e. The molecule has 1 N–H and O–H groups in total. The molecule has 2 saturated heterocycles. The third-order valence-electron chi connectivity index (χ3n) is 3.88. The Bertz CT molecular complexity index is 615. The summed E-state index contributed by atoms with van der Waals surface area (Å²) in [4.78, 5) is 12.0. The lowest BCUT2D eigenvalue weighted by atomic mass is 10.0. The van der Waals surface area contributed by atoms with E-state index in [0.29, 0.717) is 6.61 Å². The zero-order valence-corrected chi connectivity index (χ0v) is 12.4. The fourth-order valence-corrected chi connectivity index (χ4v) is 4.14. The summed E-state index contributed by atoms with van der Waals surface area (Å²) >= 11 is 0. The Labute approximate surface area is 122 Å². The number of rotatable bonds is 3. The van der Waals surface area contributed by atoms with Gasteiger partial charge >= 0.3 is 0 Å². The number of carbonyl (C=O) groups excluding carboxylic acids is 1. The van der Waals surface area contributed by atoms with Gasteiger partial charge in [-0.1, -0.05) is 5.16 Å². The van der Waals surface area contributed by atoms with Crippen LogP contribution in [-0.2, 0) is 14.8 Å². The Balaban J connectivity index is 1.77. The van der Waals surface area contributed by atoms with Crippen LogP contribution in [0.15, 0.2) is 16.8 Å². The van der Waals surface area contributed by atoms with Crippen LogP contribution in [0.4, 0.5) is 0 Å². The highest BCUT2D eigenvalue weighted by Gasteiger charge is 2.48. The van der Waals surface area contributed by atoms with Gasteiger partial charge in [0.25, 0.3) is 5.91 Å². The molecule has 21 heavy (non-hydrogen) atoms. The summed E-state index contributed by atoms with van der Waals surface area (Å²) < 4.78 is 35.7. The SMILES string of the molecule is CS(=O)(=O)N1C[C@H](NC(=O)c2ccno2)[C@@H]2OCCC[C@@H]21. The summed E-state index contributed by atoms with van der Waals surface area (Å²) in [5, 5.41) is 6.26. The normalized spacial score (nSPS) is 30.0. The minimum absolute atomic E-state index is 0.0974. The predicted molar refractivity (Wildman–Crippen MR) is 72.1 cm³/mol. The van der Waals surface area contributed by atoms with Crippen molar-refractivity contribution in [2.24, 2.45) is 0 Å². The first-order chi connectivity index (χ1) is 9.97. The van der Waals surface area contributed by atoms with Gasteiger partial charge in [-0.15, -0.1) is 0 Å². The Morgan fingerprint density at radius 3 is 3.00 bits per heavy atom. The second-order valence-corrected chi connectivity index (χ2v) is 7.27. The number of nitrogens with one attached hydrogen (secondary N) is 1. The summed E-state index contributed by atoms with van der Waals surface area (Å²) in [6.07, 6.45) is 3.80. The fourth-order valence-electron chi connectivity index (χ4n) is 2.99. The van der Waals surface area contributed by atoms with Crippen molar-refractivity contribution in [2.45, 2.75) is 31.0 Å². The maximum atomic E-state index is 12.0. The van der Waals surface area contributed by atoms with Crippen LogP contribution in [0.2, 0.25) is 0 Å². The highest BCUT2D eigenvalue weighted by Crippen LogP contribution is 2.30. The molecule has 3 atom stereocenters. The van der Waals surface area contributed by atoms with Crippen LogP contribution in [-0.4, -0.2) is 61.4 Å². The highest BCUT2D eigenvalue weighted by molar-refractivity contribution is 7.88. The summed E-state index contributed by atoms with van der Waals surface area (Å²) in [6.45, 7) is 0.793. The lowest BCUT2D eigenvalue weighted by Gasteiger charge is -2.31. The van der Waals surface area contributed by atoms with Gasteiger partial charge in [-0.05, 0) is 12.8 Å². The third-order valence-corrected chi connectivity index (χ3v) is 5.15. The molecule has 2 fully saturated rings. The molecule has 0 unspecified atom stereocenters. The number of hydrogen-bond donors (Lipinski definition) is 1. The molecule has 3 rings (SSSR count). The second-order valence-electron chi connectivity index (χ2n) is 5.33. The molecule has 0 aromatic carbocycles. The molecule has 3 heterocycles. The Morgan fingerprint density at radius 2 is 2.33 bits per heavy atom. The zero-order chi connectivity index (χ0) is 15.0. The highest BCUT2D eigenvalue weighted by atomic mass is 32.2. The van der Waals surface area contributed by atoms with E-state index in [9.17, 15) is 13.2 Å². The van der Waals surface area contributed by atoms with Gasteiger partial charge in [0.15, 0.2) is 0 Å². The monoisotopic (exact) mass is 315 g/mol. The van der Waals surface area contributed by atoms with Crippen molar-refractivity contribution < 1.29 is 22.5 Å². The minimum atomic E-state index is -3.33. The molecule has 2 aliphatic heterocycles. The molecule has 0 aliphatic carbocycles. The third kappa shape index (κ3) is 2.81. The van der Waals surface area contributed by atoms with Gasteiger partial charge in [-0.2, -0.15) is 4.31 Å². The second kappa shape index (κ2) is 5.39. The molecular weight excluding hydrogens is 298 g/mol. The quantitative estimate of drug-likeness (QED) is 0.814. The first-order valence-corrected chi connectivity index (χ1v) is 8.61. The maximum Gasteiger partial charge on any atom is 0.290 e. The van der Waals surface area contributed by atoms with E-state index in [2.05, 4.69) is 10.5 Å². The van der Waals surface area contributed by atoms with E-state index >= 15 is 0 Å². The van der Waals surface area contributed by atoms with Gasteiger partial charge in [0.05, 0.1) is 30.6 Å². The molecule has 116 valence electrons. The van der Waals surface area contributed by atoms with Crippen LogP contribution in [0, 0.1) is 0 Å². The molecule has 0 bridgehead atoms. The Hall–Kier alpha value is -1.45. The van der Waals surface area contributed by atoms with Crippen LogP contribution < -0.4 is 5.32 Å². The van der Waals surface area contributed by atoms with Gasteiger partial charge in [0.2, 0.25) is 15.8 Å². The molecular formula is C12H17N3O5S. The molecule has 1 aromatic rings. The van der Waals surface area contributed by atoms with Crippen LogP contribution in [0.3, 0.4) is 0 Å². The van der Waals surface area contributed by atoms with Crippen molar-refractivity contribution in [3.63, 3.8) is 0 Å². The van der Waals surface area contributed by atoms with E-state index in [-0.39, 0.29) is 30.5 Å². The van der Waals surface area contributed by atoms with E-state index in [1.54, 1.807) is 0 Å². The number of sulfonamides is 1. The number of nitrogens with zero attached hydrogens (tertiary/aromatic N) is 2. The van der Waals surface area contributed by atoms with E-state index in [4.69, 9.17) is 9.26 Å². The lowest BCUT2D eigenvalue weighted by Crippen LogP contribution is -2.47. The first-order valence-electron chi connectivity index (χ1n) is 6.77. The number of ether oxygens (including phenoxy) is 1. The summed E-state index contributed by atoms with van der Waals surface area (Å²) in [5.74, 6) is -0.319. The predicted octanol–water partition coefficient (Wildman–Crippen LogP) is -0.404. The number of hydrogen-bond acceptors (Lipinski definition) is 6. The summed E-state index contributed by atoms with van der Waals surface area (Å²) in [5.41, 5.74) is 0. The van der Waals surface area contributed by atoms with E-state index < -0.39 is 15.9 Å². The molecule has 0 saturated carbocycles. The average molecular weight is 315 g/mol. The van der Waals surface area contributed by atoms with Crippen molar-refractivity contribution in [3.8, 4) is 0 Å². The largest absolute Gasteiger partial charge is 0.374 e. The molecule has 8 nitrogen and oxygen atoms in total. The van der Waals surface area contributed by atoms with Crippen molar-refractivity contribution >= 4 is 15.9 Å². The Morgan fingerprint density at radius 1 is 1.52 bits per heavy atom. The van der Waals surface area contributed by atoms with Crippen LogP contribution in [0.5, 0.6) is 0 Å². The van der Waals surface area contributed by atoms with E-state index in [1.807, 2.05) is 0 Å². The zero-order valence-electron chi connectivity index (χ0n) is 11.6. The van der Waals surface area contributed by atoms with Crippen molar-refractivity contribution in [1.29, 1.82) is 0 Å². The number of fused-ring (bicyclic) bond motifs is 1. The molecule has 9 heteroatoms. The topological polar surface area (TPSA) is 102 Å². The van der Waals surface area contributed by atoms with Crippen molar-refractivity contribution in [1.82, 2.24) is 14.8 Å². The van der Waals surface area contributed by atoms with Crippen molar-refractivity contribution in [2.75, 3.05) is 19.4 Å². The van der Waals surface area contributed by atoms with Crippen LogP contribution in [0.1, 0.15) is 23.4 Å². The standard InChI is InChI=1S/C12H17N3O5S/c1-21(17,18)15-7-8(11-9(15)3-2-6-19-11)14-12(16)10-4-5-13-20-10/h4-5,8-9,11H,2-3,6-7H2,1H3,(H,14,16)/t8-,9-,11-/m0/s1. The van der Waals surface area contributed by atoms with E-state index in [0.717, 1.165) is 12.8 Å². The maximum absolute atomic E-state index is 12.0. The molecule has 2 aliphatic rings. The summed E-state index contributed by atoms with van der Waals surface area (Å²) in [7, 11) is -3.33. The Kier molecular flexibility index (Phi) is 3.72. The first kappa shape index (κ1) is 14.5. The van der Waals surface area contributed by atoms with Gasteiger partial charge < -0.3 is 14.6 Å². The molecule has 0 spiro atoms. The summed E-state index contributed by atoms with van der Waals surface area (Å²) in [6, 6.07) is 0.856. The molecule has 1 aromatic heterocycles. The van der Waals surface area contributed by atoms with Gasteiger partial charge in [-0.3, -0.25) is 4.79 Å². The van der Waals surface area contributed by atoms with Crippen molar-refractivity contribution in [3.05, 3.63) is 18.0 Å². The molecule has 1 amide bonds. The van der Waals surface area contributed by atoms with E-state index in [1.165, 1.54) is 22.8 Å². The average Bonchev–Trinajstić information content (AvgIpc) is 3.06. The number of amides is 1. The van der Waals surface area contributed by atoms with Crippen LogP contribution >= 0.6 is 0 Å². The number of aromatic nitrogens is 1. The number of carbonyl (C=O) groups is 1. The minimum Gasteiger partial charge on any atom is -0.374 e. The van der Waals surface area contributed by atoms with Crippen LogP contribution in [0.25, 0.3) is 0 Å². The van der Waals surface area contributed by atoms with Gasteiger partial charge in [0, 0.05) is 19.2 Å². The van der Waals surface area contributed by atoms with Gasteiger partial charge in [0.1, 0.15) is 0 Å². The lowest BCUT2D eigenvalue weighted by molar-refractivity contribution is -0.0105. The fraction of sp³-hybridized carbons (Fsp3) is 0.667. The molecule has 0 radical (unpaired) electrons. The van der Waals surface area contributed by atoms with Gasteiger partial charge in [-0.25, -0.2) is 8.42 Å².